The third kappa shape index (κ3) is 59.8. The fraction of sp³-hybridized carbons (Fsp3) is 0.926. The van der Waals surface area contributed by atoms with Gasteiger partial charge in [-0.3, -0.25) is 19.2 Å². The summed E-state index contributed by atoms with van der Waals surface area (Å²) in [5.74, 6) is -0.742. The molecule has 2 unspecified atom stereocenters. The van der Waals surface area contributed by atoms with Crippen LogP contribution in [0.2, 0.25) is 0 Å². The Labute approximate surface area is 478 Å². The number of rotatable bonds is 64. The molecule has 0 aromatic rings. The third-order valence-electron chi connectivity index (χ3n) is 10.6. The van der Waals surface area contributed by atoms with E-state index in [2.05, 4.69) is 35.1 Å². The van der Waals surface area contributed by atoms with Crippen molar-refractivity contribution in [3.63, 3.8) is 0 Å². The number of nitrogens with one attached hydrogen (secondary N) is 4. The standard InChI is InChI=1S/C52H102N4O22.C2H6/c1-5-47(3)7-15-64-27-32-74-41-42-75-43-51(61)56-52(44-76-16-8-48(58)53-11-19-65-28-33-71-36-31-68-22-14-57,45-77-17-9-49(59)54-12-20-66-29-34-72-38-37-69-24-23-62-4)46-78-18-10-50(60)55-13-21-67-30-35-73-40-39-70-26-25-63-6-2;1-2/h47,57H,5-46H2,1-4H3,(H,53,58)(H,54,59)(H,55,60)(H,56,61);1-2H3. The summed E-state index contributed by atoms with van der Waals surface area (Å²) < 4.78 is 93.9. The van der Waals surface area contributed by atoms with Crippen molar-refractivity contribution in [3.8, 4) is 0 Å². The first-order valence-electron chi connectivity index (χ1n) is 28.7. The molecule has 2 atom stereocenters. The number of aliphatic hydroxyl groups excluding tert-OH is 1. The van der Waals surface area contributed by atoms with Gasteiger partial charge < -0.3 is 107 Å². The van der Waals surface area contributed by atoms with Crippen LogP contribution in [0, 0.1) is 5.92 Å². The van der Waals surface area contributed by atoms with Crippen molar-refractivity contribution in [1.29, 1.82) is 0 Å². The van der Waals surface area contributed by atoms with E-state index < -0.39 is 11.4 Å². The molecule has 476 valence electrons. The lowest BCUT2D eigenvalue weighted by molar-refractivity contribution is -0.134. The van der Waals surface area contributed by atoms with E-state index in [0.29, 0.717) is 138 Å². The van der Waals surface area contributed by atoms with Gasteiger partial charge >= 0.3 is 0 Å². The van der Waals surface area contributed by atoms with Gasteiger partial charge in [0.2, 0.25) is 23.6 Å². The average Bonchev–Trinajstić information content (AvgIpc) is 3.46. The molecule has 0 aromatic carbocycles. The fourth-order valence-corrected chi connectivity index (χ4v) is 6.10. The Morgan fingerprint density at radius 1 is 0.388 bits per heavy atom. The molecule has 0 spiro atoms. The van der Waals surface area contributed by atoms with Gasteiger partial charge in [0.15, 0.2) is 0 Å². The van der Waals surface area contributed by atoms with Gasteiger partial charge in [-0.05, 0) is 19.3 Å². The Morgan fingerprint density at radius 3 is 1.04 bits per heavy atom. The molecule has 5 N–H and O–H groups in total. The number of hydrogen-bond acceptors (Lipinski definition) is 22. The molecule has 0 heterocycles. The second-order valence-electron chi connectivity index (χ2n) is 17.3. The lowest BCUT2D eigenvalue weighted by atomic mass is 10.0. The molecule has 0 fully saturated rings. The predicted octanol–water partition coefficient (Wildman–Crippen LogP) is 0.747. The zero-order chi connectivity index (χ0) is 58.9. The molecule has 0 aliphatic rings. The second kappa shape index (κ2) is 65.3. The van der Waals surface area contributed by atoms with E-state index in [0.717, 1.165) is 12.8 Å². The van der Waals surface area contributed by atoms with Crippen molar-refractivity contribution in [2.24, 2.45) is 5.92 Å². The predicted molar refractivity (Wildman–Crippen MR) is 297 cm³/mol. The lowest BCUT2D eigenvalue weighted by Crippen LogP contribution is -2.59. The van der Waals surface area contributed by atoms with E-state index in [1.807, 2.05) is 20.8 Å². The Morgan fingerprint density at radius 2 is 0.700 bits per heavy atom. The van der Waals surface area contributed by atoms with Crippen molar-refractivity contribution in [1.82, 2.24) is 21.3 Å². The van der Waals surface area contributed by atoms with Crippen molar-refractivity contribution in [3.05, 3.63) is 0 Å². The Hall–Kier alpha value is -2.84. The molecule has 26 heteroatoms. The minimum Gasteiger partial charge on any atom is -0.394 e. The number of amides is 4. The van der Waals surface area contributed by atoms with Gasteiger partial charge in [-0.25, -0.2) is 0 Å². The number of aliphatic hydroxyl groups is 1. The molecule has 4 amide bonds. The Kier molecular flexibility index (Phi) is 64.7. The van der Waals surface area contributed by atoms with Crippen molar-refractivity contribution < 1.29 is 105 Å². The number of ether oxygens (including phenoxy) is 17. The minimum absolute atomic E-state index is 0.00246. The molecule has 80 heavy (non-hydrogen) atoms. The van der Waals surface area contributed by atoms with Crippen LogP contribution in [0.4, 0.5) is 0 Å². The van der Waals surface area contributed by atoms with Gasteiger partial charge in [0.1, 0.15) is 12.1 Å². The monoisotopic (exact) mass is 1160 g/mol. The molecule has 26 nitrogen and oxygen atoms in total. The first kappa shape index (κ1) is 79.2. The lowest BCUT2D eigenvalue weighted by Gasteiger charge is -2.34. The summed E-state index contributed by atoms with van der Waals surface area (Å²) in [4.78, 5) is 51.6. The van der Waals surface area contributed by atoms with Gasteiger partial charge in [0.25, 0.3) is 0 Å². The molecular formula is C54H108N4O22. The summed E-state index contributed by atoms with van der Waals surface area (Å²) in [6, 6.07) is 0. The quantitative estimate of drug-likeness (QED) is 0.0525. The molecule has 0 saturated carbocycles. The molecule has 0 aliphatic heterocycles. The molecule has 0 aromatic heterocycles. The largest absolute Gasteiger partial charge is 0.394 e. The van der Waals surface area contributed by atoms with Crippen molar-refractivity contribution >= 4 is 23.6 Å². The first-order valence-corrected chi connectivity index (χ1v) is 28.7. The topological polar surface area (TPSA) is 294 Å². The van der Waals surface area contributed by atoms with E-state index in [-0.39, 0.29) is 149 Å². The van der Waals surface area contributed by atoms with Gasteiger partial charge in [-0.1, -0.05) is 34.1 Å². The summed E-state index contributed by atoms with van der Waals surface area (Å²) in [5, 5.41) is 20.1. The maximum atomic E-state index is 13.5. The highest BCUT2D eigenvalue weighted by molar-refractivity contribution is 5.78. The fourth-order valence-electron chi connectivity index (χ4n) is 6.10. The van der Waals surface area contributed by atoms with E-state index in [1.165, 1.54) is 0 Å². The van der Waals surface area contributed by atoms with Crippen LogP contribution in [0.5, 0.6) is 0 Å². The van der Waals surface area contributed by atoms with Gasteiger partial charge in [0.05, 0.1) is 205 Å². The maximum Gasteiger partial charge on any atom is 0.246 e. The summed E-state index contributed by atoms with van der Waals surface area (Å²) >= 11 is 0. The second-order valence-corrected chi connectivity index (χ2v) is 17.3. The van der Waals surface area contributed by atoms with Crippen LogP contribution in [-0.4, -0.2) is 286 Å². The molecule has 0 saturated heterocycles. The van der Waals surface area contributed by atoms with Crippen LogP contribution in [0.15, 0.2) is 0 Å². The SMILES string of the molecule is CC.CCOCCOCCOCCOCCNC(=O)CCOCC(COCCC(=O)NCCOCCOCCOCCO)(COCCC(=O)NCCOCCOCCOCCOC)NC(=O)COCCOCCOCCC(C)CC. The Bertz CT molecular complexity index is 1340. The minimum atomic E-state index is -1.34. The molecule has 0 bridgehead atoms. The van der Waals surface area contributed by atoms with Crippen molar-refractivity contribution in [2.45, 2.75) is 72.3 Å². The molecule has 0 aliphatic carbocycles. The van der Waals surface area contributed by atoms with Crippen LogP contribution in [0.3, 0.4) is 0 Å². The summed E-state index contributed by atoms with van der Waals surface area (Å²) in [6.07, 6.45) is 2.09. The highest BCUT2D eigenvalue weighted by Crippen LogP contribution is 2.11. The maximum absolute atomic E-state index is 13.5. The van der Waals surface area contributed by atoms with Crippen LogP contribution in [0.1, 0.15) is 66.7 Å². The van der Waals surface area contributed by atoms with E-state index >= 15 is 0 Å². The summed E-state index contributed by atoms with van der Waals surface area (Å²) in [5.41, 5.74) is -1.34. The highest BCUT2D eigenvalue weighted by atomic mass is 16.6. The molecule has 0 rings (SSSR count). The number of carbonyl (C=O) groups excluding carboxylic acids is 4. The zero-order valence-corrected chi connectivity index (χ0v) is 49.8. The van der Waals surface area contributed by atoms with Crippen LogP contribution >= 0.6 is 0 Å². The first-order chi connectivity index (χ1) is 39.2. The van der Waals surface area contributed by atoms with Gasteiger partial charge in [-0.15, -0.1) is 0 Å². The third-order valence-corrected chi connectivity index (χ3v) is 10.6. The summed E-state index contributed by atoms with van der Waals surface area (Å²) in [6.45, 7) is 20.6. The van der Waals surface area contributed by atoms with Crippen LogP contribution in [0.25, 0.3) is 0 Å². The Balaban J connectivity index is 0. The van der Waals surface area contributed by atoms with Crippen LogP contribution < -0.4 is 21.3 Å². The van der Waals surface area contributed by atoms with Gasteiger partial charge in [0, 0.05) is 59.2 Å². The molecular weight excluding hydrogens is 1060 g/mol. The molecule has 0 radical (unpaired) electrons. The van der Waals surface area contributed by atoms with E-state index in [1.54, 1.807) is 7.11 Å². The van der Waals surface area contributed by atoms with Gasteiger partial charge in [-0.2, -0.15) is 0 Å². The normalized spacial score (nSPS) is 12.4. The van der Waals surface area contributed by atoms with Crippen LogP contribution in [-0.2, 0) is 99.7 Å². The zero-order valence-electron chi connectivity index (χ0n) is 49.8. The number of methoxy groups -OCH3 is 1. The summed E-state index contributed by atoms with van der Waals surface area (Å²) in [7, 11) is 1.61. The smallest absolute Gasteiger partial charge is 0.246 e. The number of carbonyl (C=O) groups is 4. The number of hydrogen-bond donors (Lipinski definition) is 5. The highest BCUT2D eigenvalue weighted by Gasteiger charge is 2.34. The van der Waals surface area contributed by atoms with E-state index in [9.17, 15) is 19.2 Å². The van der Waals surface area contributed by atoms with Crippen molar-refractivity contribution in [2.75, 3.05) is 251 Å². The average molecular weight is 1170 g/mol. The van der Waals surface area contributed by atoms with E-state index in [4.69, 9.17) is 85.6 Å².